The van der Waals surface area contributed by atoms with Gasteiger partial charge in [0, 0.05) is 10.6 Å². The molecular weight excluding hydrogens is 306 g/mol. The van der Waals surface area contributed by atoms with E-state index < -0.39 is 0 Å². The highest BCUT2D eigenvalue weighted by molar-refractivity contribution is 8.00. The average Bonchev–Trinajstić information content (AvgIpc) is 2.54. The van der Waals surface area contributed by atoms with Crippen LogP contribution in [0.5, 0.6) is 5.75 Å². The highest BCUT2D eigenvalue weighted by Crippen LogP contribution is 2.28. The molecule has 0 radical (unpaired) electrons. The first kappa shape index (κ1) is 17.4. The number of thioether (sulfide) groups is 1. The molecule has 0 saturated carbocycles. The second kappa shape index (κ2) is 8.06. The molecule has 0 saturated heterocycles. The smallest absolute Gasteiger partial charge is 0.234 e. The van der Waals surface area contributed by atoms with Crippen LogP contribution in [0.1, 0.15) is 30.9 Å². The van der Waals surface area contributed by atoms with Gasteiger partial charge in [-0.05, 0) is 42.2 Å². The molecule has 0 spiro atoms. The van der Waals surface area contributed by atoms with E-state index in [0.717, 1.165) is 21.9 Å². The zero-order valence-electron chi connectivity index (χ0n) is 14.1. The lowest BCUT2D eigenvalue weighted by Gasteiger charge is -2.16. The fourth-order valence-electron chi connectivity index (χ4n) is 2.36. The summed E-state index contributed by atoms with van der Waals surface area (Å²) in [5, 5.41) is 3.07. The number of hydrogen-bond acceptors (Lipinski definition) is 3. The molecule has 4 heteroatoms. The largest absolute Gasteiger partial charge is 0.497 e. The zero-order valence-corrected chi connectivity index (χ0v) is 14.9. The Labute approximate surface area is 142 Å². The van der Waals surface area contributed by atoms with Gasteiger partial charge < -0.3 is 10.1 Å². The third-order valence-corrected chi connectivity index (χ3v) is 4.60. The molecule has 23 heavy (non-hydrogen) atoms. The molecule has 0 fully saturated rings. The van der Waals surface area contributed by atoms with Crippen LogP contribution in [-0.2, 0) is 4.79 Å². The molecular formula is C19H23NO2S. The number of methoxy groups -OCH3 is 1. The van der Waals surface area contributed by atoms with Crippen LogP contribution in [0.15, 0.2) is 47.4 Å². The van der Waals surface area contributed by atoms with E-state index in [2.05, 4.69) is 25.2 Å². The van der Waals surface area contributed by atoms with E-state index in [1.165, 1.54) is 17.3 Å². The number of carbonyl (C=O) groups is 1. The van der Waals surface area contributed by atoms with Gasteiger partial charge in [0.1, 0.15) is 5.75 Å². The summed E-state index contributed by atoms with van der Waals surface area (Å²) in [4.78, 5) is 13.3. The van der Waals surface area contributed by atoms with Crippen LogP contribution in [0.3, 0.4) is 0 Å². The van der Waals surface area contributed by atoms with E-state index in [9.17, 15) is 4.79 Å². The van der Waals surface area contributed by atoms with Crippen molar-refractivity contribution in [2.45, 2.75) is 31.6 Å². The van der Waals surface area contributed by atoms with Gasteiger partial charge in [0.25, 0.3) is 0 Å². The van der Waals surface area contributed by atoms with Crippen molar-refractivity contribution < 1.29 is 9.53 Å². The summed E-state index contributed by atoms with van der Waals surface area (Å²) >= 11 is 1.51. The van der Waals surface area contributed by atoms with Crippen LogP contribution < -0.4 is 10.1 Å². The number of rotatable bonds is 6. The SMILES string of the molecule is COc1cccc(SCC(=O)Nc2c(C)cccc2C(C)C)c1. The molecule has 0 aromatic heterocycles. The van der Waals surface area contributed by atoms with Gasteiger partial charge in [0.15, 0.2) is 0 Å². The van der Waals surface area contributed by atoms with E-state index in [0.29, 0.717) is 11.7 Å². The Kier molecular flexibility index (Phi) is 6.11. The van der Waals surface area contributed by atoms with E-state index >= 15 is 0 Å². The van der Waals surface area contributed by atoms with Crippen LogP contribution >= 0.6 is 11.8 Å². The van der Waals surface area contributed by atoms with Gasteiger partial charge in [-0.3, -0.25) is 4.79 Å². The fraction of sp³-hybridized carbons (Fsp3) is 0.316. The summed E-state index contributed by atoms with van der Waals surface area (Å²) < 4.78 is 5.20. The number of ether oxygens (including phenoxy) is 1. The Bertz CT molecular complexity index is 683. The first-order valence-electron chi connectivity index (χ1n) is 7.67. The van der Waals surface area contributed by atoms with Crippen LogP contribution in [0.4, 0.5) is 5.69 Å². The number of hydrogen-bond donors (Lipinski definition) is 1. The Morgan fingerprint density at radius 2 is 1.96 bits per heavy atom. The average molecular weight is 329 g/mol. The van der Waals surface area contributed by atoms with E-state index in [1.54, 1.807) is 7.11 Å². The molecule has 0 bridgehead atoms. The van der Waals surface area contributed by atoms with E-state index in [1.807, 2.05) is 43.3 Å². The molecule has 1 amide bonds. The molecule has 122 valence electrons. The molecule has 0 atom stereocenters. The maximum Gasteiger partial charge on any atom is 0.234 e. The molecule has 0 aliphatic carbocycles. The number of aryl methyl sites for hydroxylation is 1. The Morgan fingerprint density at radius 3 is 2.65 bits per heavy atom. The maximum atomic E-state index is 12.3. The third-order valence-electron chi connectivity index (χ3n) is 3.60. The number of anilines is 1. The van der Waals surface area contributed by atoms with Crippen molar-refractivity contribution in [1.82, 2.24) is 0 Å². The second-order valence-electron chi connectivity index (χ2n) is 5.71. The van der Waals surface area contributed by atoms with Gasteiger partial charge in [-0.25, -0.2) is 0 Å². The van der Waals surface area contributed by atoms with Crippen molar-refractivity contribution in [2.24, 2.45) is 0 Å². The molecule has 2 aromatic carbocycles. The number of para-hydroxylation sites is 1. The summed E-state index contributed by atoms with van der Waals surface area (Å²) in [5.41, 5.74) is 3.21. The fourth-order valence-corrected chi connectivity index (χ4v) is 3.10. The van der Waals surface area contributed by atoms with Gasteiger partial charge in [0.05, 0.1) is 12.9 Å². The number of carbonyl (C=O) groups excluding carboxylic acids is 1. The van der Waals surface area contributed by atoms with Gasteiger partial charge in [-0.15, -0.1) is 11.8 Å². The lowest BCUT2D eigenvalue weighted by Crippen LogP contribution is -2.16. The minimum atomic E-state index is 0.00835. The molecule has 2 aromatic rings. The van der Waals surface area contributed by atoms with Crippen molar-refractivity contribution in [3.8, 4) is 5.75 Å². The first-order chi connectivity index (χ1) is 11.0. The summed E-state index contributed by atoms with van der Waals surface area (Å²) in [6.45, 7) is 6.29. The van der Waals surface area contributed by atoms with Crippen molar-refractivity contribution in [2.75, 3.05) is 18.2 Å². The van der Waals surface area contributed by atoms with Gasteiger partial charge in [0.2, 0.25) is 5.91 Å². The molecule has 3 nitrogen and oxygen atoms in total. The minimum absolute atomic E-state index is 0.00835. The van der Waals surface area contributed by atoms with Crippen LogP contribution in [0.25, 0.3) is 0 Å². The normalized spacial score (nSPS) is 10.7. The van der Waals surface area contributed by atoms with Crippen LogP contribution in [0, 0.1) is 6.92 Å². The molecule has 1 N–H and O–H groups in total. The number of benzene rings is 2. The van der Waals surface area contributed by atoms with Crippen LogP contribution in [0.2, 0.25) is 0 Å². The predicted octanol–water partition coefficient (Wildman–Crippen LogP) is 4.86. The lowest BCUT2D eigenvalue weighted by atomic mass is 9.98. The Hall–Kier alpha value is -1.94. The van der Waals surface area contributed by atoms with E-state index in [-0.39, 0.29) is 5.91 Å². The summed E-state index contributed by atoms with van der Waals surface area (Å²) in [7, 11) is 1.64. The van der Waals surface area contributed by atoms with Crippen molar-refractivity contribution in [3.05, 3.63) is 53.6 Å². The highest BCUT2D eigenvalue weighted by atomic mass is 32.2. The Morgan fingerprint density at radius 1 is 1.22 bits per heavy atom. The van der Waals surface area contributed by atoms with Gasteiger partial charge in [-0.1, -0.05) is 38.1 Å². The molecule has 0 aliphatic rings. The lowest BCUT2D eigenvalue weighted by molar-refractivity contribution is -0.113. The highest BCUT2D eigenvalue weighted by Gasteiger charge is 2.12. The minimum Gasteiger partial charge on any atom is -0.497 e. The summed E-state index contributed by atoms with van der Waals surface area (Å²) in [6.07, 6.45) is 0. The van der Waals surface area contributed by atoms with Crippen molar-refractivity contribution >= 4 is 23.4 Å². The molecule has 0 aliphatic heterocycles. The van der Waals surface area contributed by atoms with Gasteiger partial charge in [-0.2, -0.15) is 0 Å². The Balaban J connectivity index is 2.03. The summed E-state index contributed by atoms with van der Waals surface area (Å²) in [6, 6.07) is 13.9. The number of nitrogens with one attached hydrogen (secondary N) is 1. The third kappa shape index (κ3) is 4.76. The van der Waals surface area contributed by atoms with Crippen molar-refractivity contribution in [1.29, 1.82) is 0 Å². The molecule has 0 heterocycles. The van der Waals surface area contributed by atoms with Gasteiger partial charge >= 0.3 is 0 Å². The van der Waals surface area contributed by atoms with Crippen LogP contribution in [-0.4, -0.2) is 18.8 Å². The summed E-state index contributed by atoms with van der Waals surface area (Å²) in [5.74, 6) is 1.56. The molecule has 0 unspecified atom stereocenters. The van der Waals surface area contributed by atoms with Crippen molar-refractivity contribution in [3.63, 3.8) is 0 Å². The predicted molar refractivity (Wildman–Crippen MR) is 97.6 cm³/mol. The van der Waals surface area contributed by atoms with E-state index in [4.69, 9.17) is 4.74 Å². The monoisotopic (exact) mass is 329 g/mol. The molecule has 2 rings (SSSR count). The topological polar surface area (TPSA) is 38.3 Å². The zero-order chi connectivity index (χ0) is 16.8. The number of amides is 1. The quantitative estimate of drug-likeness (QED) is 0.769. The standard InChI is InChI=1S/C19H23NO2S/c1-13(2)17-10-5-7-14(3)19(17)20-18(21)12-23-16-9-6-8-15(11-16)22-4/h5-11,13H,12H2,1-4H3,(H,20,21). The first-order valence-corrected chi connectivity index (χ1v) is 8.66. The maximum absolute atomic E-state index is 12.3. The second-order valence-corrected chi connectivity index (χ2v) is 6.76.